The van der Waals surface area contributed by atoms with Gasteiger partial charge in [-0.15, -0.1) is 0 Å². The predicted molar refractivity (Wildman–Crippen MR) is 86.1 cm³/mol. The van der Waals surface area contributed by atoms with Crippen molar-refractivity contribution in [2.24, 2.45) is 23.2 Å². The summed E-state index contributed by atoms with van der Waals surface area (Å²) in [6.45, 7) is 15.5. The van der Waals surface area contributed by atoms with Gasteiger partial charge in [-0.05, 0) is 36.0 Å². The van der Waals surface area contributed by atoms with Crippen LogP contribution < -0.4 is 0 Å². The molecule has 0 amide bonds. The van der Waals surface area contributed by atoms with Gasteiger partial charge in [0, 0.05) is 19.3 Å². The van der Waals surface area contributed by atoms with Crippen molar-refractivity contribution >= 4 is 0 Å². The highest BCUT2D eigenvalue weighted by Gasteiger charge is 2.27. The summed E-state index contributed by atoms with van der Waals surface area (Å²) in [4.78, 5) is 2.48. The van der Waals surface area contributed by atoms with Crippen molar-refractivity contribution in [2.45, 2.75) is 67.2 Å². The monoisotopic (exact) mass is 265 g/mol. The van der Waals surface area contributed by atoms with Crippen LogP contribution in [0.2, 0.25) is 0 Å². The molecule has 0 aromatic carbocycles. The summed E-state index contributed by atoms with van der Waals surface area (Å²) < 4.78 is 0. The molecule has 0 spiro atoms. The van der Waals surface area contributed by atoms with Crippen molar-refractivity contribution < 1.29 is 0 Å². The summed E-state index contributed by atoms with van der Waals surface area (Å²) in [6.07, 6.45) is 7.75. The van der Waals surface area contributed by atoms with Crippen molar-refractivity contribution in [3.63, 3.8) is 0 Å². The molecule has 0 fully saturated rings. The molecule has 0 bridgehead atoms. The van der Waals surface area contributed by atoms with Crippen molar-refractivity contribution in [1.29, 1.82) is 0 Å². The van der Waals surface area contributed by atoms with Crippen molar-refractivity contribution in [1.82, 2.24) is 4.90 Å². The molecule has 19 heavy (non-hydrogen) atoms. The van der Waals surface area contributed by atoms with Gasteiger partial charge in [0.25, 0.3) is 0 Å². The number of hydrogen-bond donors (Lipinski definition) is 0. The zero-order valence-electron chi connectivity index (χ0n) is 14.3. The van der Waals surface area contributed by atoms with Gasteiger partial charge in [0.2, 0.25) is 0 Å². The Hall–Kier alpha value is -0.460. The molecule has 1 aliphatic heterocycles. The molecule has 2 unspecified atom stereocenters. The van der Waals surface area contributed by atoms with Gasteiger partial charge in [-0.1, -0.05) is 60.5 Å². The second-order valence-electron chi connectivity index (χ2n) is 7.67. The van der Waals surface area contributed by atoms with Gasteiger partial charge in [0.15, 0.2) is 0 Å². The van der Waals surface area contributed by atoms with Crippen molar-refractivity contribution in [2.75, 3.05) is 13.6 Å². The van der Waals surface area contributed by atoms with Gasteiger partial charge >= 0.3 is 0 Å². The van der Waals surface area contributed by atoms with Gasteiger partial charge in [-0.3, -0.25) is 0 Å². The second kappa shape index (κ2) is 6.81. The topological polar surface area (TPSA) is 3.24 Å². The van der Waals surface area contributed by atoms with Crippen molar-refractivity contribution in [3.8, 4) is 0 Å². The highest BCUT2D eigenvalue weighted by Crippen LogP contribution is 2.36. The van der Waals surface area contributed by atoms with E-state index in [0.717, 1.165) is 17.8 Å². The first-order valence-corrected chi connectivity index (χ1v) is 8.19. The first-order valence-electron chi connectivity index (χ1n) is 8.19. The summed E-state index contributed by atoms with van der Waals surface area (Å²) in [7, 11) is 2.26. The van der Waals surface area contributed by atoms with Crippen LogP contribution in [-0.2, 0) is 0 Å². The standard InChI is InChI=1S/C18H35N/c1-8-9-17(14(2)3)15(4)12-16-13-18(5,6)10-11-19(16)7/h13-15,17H,8-12H2,1-7H3. The summed E-state index contributed by atoms with van der Waals surface area (Å²) in [6, 6.07) is 0. The van der Waals surface area contributed by atoms with E-state index in [1.165, 1.54) is 32.2 Å². The zero-order valence-corrected chi connectivity index (χ0v) is 14.3. The lowest BCUT2D eigenvalue weighted by Crippen LogP contribution is -2.32. The molecule has 0 aliphatic carbocycles. The molecule has 1 aliphatic rings. The average molecular weight is 265 g/mol. The molecule has 0 aromatic heterocycles. The smallest absolute Gasteiger partial charge is 0.0179 e. The maximum atomic E-state index is 2.52. The van der Waals surface area contributed by atoms with E-state index in [4.69, 9.17) is 0 Å². The van der Waals surface area contributed by atoms with Crippen LogP contribution in [0.25, 0.3) is 0 Å². The van der Waals surface area contributed by atoms with Gasteiger partial charge in [0.05, 0.1) is 0 Å². The van der Waals surface area contributed by atoms with E-state index >= 15 is 0 Å². The fourth-order valence-corrected chi connectivity index (χ4v) is 3.54. The normalized spacial score (nSPS) is 22.3. The second-order valence-corrected chi connectivity index (χ2v) is 7.67. The lowest BCUT2D eigenvalue weighted by atomic mass is 9.77. The summed E-state index contributed by atoms with van der Waals surface area (Å²) in [5, 5.41) is 0. The summed E-state index contributed by atoms with van der Waals surface area (Å²) >= 11 is 0. The van der Waals surface area contributed by atoms with Crippen molar-refractivity contribution in [3.05, 3.63) is 11.8 Å². The van der Waals surface area contributed by atoms with Crippen LogP contribution in [0, 0.1) is 23.2 Å². The highest BCUT2D eigenvalue weighted by molar-refractivity contribution is 5.11. The molecule has 1 nitrogen and oxygen atoms in total. The third-order valence-electron chi connectivity index (χ3n) is 4.88. The van der Waals surface area contributed by atoms with E-state index in [-0.39, 0.29) is 0 Å². The van der Waals surface area contributed by atoms with E-state index in [2.05, 4.69) is 59.6 Å². The van der Waals surface area contributed by atoms with Crippen LogP contribution in [0.5, 0.6) is 0 Å². The third-order valence-corrected chi connectivity index (χ3v) is 4.88. The fraction of sp³-hybridized carbons (Fsp3) is 0.889. The molecule has 0 saturated carbocycles. The van der Waals surface area contributed by atoms with Crippen LogP contribution in [-0.4, -0.2) is 18.5 Å². The van der Waals surface area contributed by atoms with E-state index in [1.807, 2.05) is 0 Å². The van der Waals surface area contributed by atoms with Crippen LogP contribution in [0.4, 0.5) is 0 Å². The van der Waals surface area contributed by atoms with E-state index in [9.17, 15) is 0 Å². The Balaban J connectivity index is 2.73. The first-order chi connectivity index (χ1) is 8.76. The maximum Gasteiger partial charge on any atom is 0.0179 e. The molecule has 1 heterocycles. The summed E-state index contributed by atoms with van der Waals surface area (Å²) in [5.41, 5.74) is 1.96. The molecule has 2 atom stereocenters. The molecule has 1 heteroatoms. The lowest BCUT2D eigenvalue weighted by molar-refractivity contribution is 0.218. The Bertz CT molecular complexity index is 301. The molecule has 112 valence electrons. The first kappa shape index (κ1) is 16.6. The Labute approximate surface area is 121 Å². The van der Waals surface area contributed by atoms with E-state index in [1.54, 1.807) is 5.70 Å². The quantitative estimate of drug-likeness (QED) is 0.627. The molecular formula is C18H35N. The number of nitrogens with zero attached hydrogens (tertiary/aromatic N) is 1. The molecule has 0 radical (unpaired) electrons. The molecule has 0 saturated heterocycles. The van der Waals surface area contributed by atoms with Gasteiger partial charge < -0.3 is 4.90 Å². The molecule has 0 N–H and O–H groups in total. The van der Waals surface area contributed by atoms with Gasteiger partial charge in [-0.2, -0.15) is 0 Å². The third kappa shape index (κ3) is 4.85. The van der Waals surface area contributed by atoms with E-state index < -0.39 is 0 Å². The number of allylic oxidation sites excluding steroid dienone is 2. The Morgan fingerprint density at radius 2 is 1.89 bits per heavy atom. The average Bonchev–Trinajstić information content (AvgIpc) is 2.30. The summed E-state index contributed by atoms with van der Waals surface area (Å²) in [5.74, 6) is 2.46. The van der Waals surface area contributed by atoms with Gasteiger partial charge in [-0.25, -0.2) is 0 Å². The number of hydrogen-bond acceptors (Lipinski definition) is 1. The Morgan fingerprint density at radius 3 is 2.42 bits per heavy atom. The largest absolute Gasteiger partial charge is 0.378 e. The highest BCUT2D eigenvalue weighted by atomic mass is 15.1. The zero-order chi connectivity index (χ0) is 14.6. The lowest BCUT2D eigenvalue weighted by Gasteiger charge is -2.38. The Morgan fingerprint density at radius 1 is 1.26 bits per heavy atom. The minimum Gasteiger partial charge on any atom is -0.378 e. The maximum absolute atomic E-state index is 2.52. The SMILES string of the molecule is CCCC(C(C)C)C(C)CC1=CC(C)(C)CCN1C. The molecule has 1 rings (SSSR count). The van der Waals surface area contributed by atoms with Crippen LogP contribution in [0.3, 0.4) is 0 Å². The molecule has 0 aromatic rings. The predicted octanol–water partition coefficient (Wildman–Crippen LogP) is 5.33. The minimum atomic E-state index is 0.389. The molecular weight excluding hydrogens is 230 g/mol. The van der Waals surface area contributed by atoms with E-state index in [0.29, 0.717) is 5.41 Å². The van der Waals surface area contributed by atoms with Crippen LogP contribution in [0.1, 0.15) is 67.2 Å². The van der Waals surface area contributed by atoms with Crippen LogP contribution in [0.15, 0.2) is 11.8 Å². The van der Waals surface area contributed by atoms with Crippen LogP contribution >= 0.6 is 0 Å². The van der Waals surface area contributed by atoms with Gasteiger partial charge in [0.1, 0.15) is 0 Å². The number of rotatable bonds is 6. The minimum absolute atomic E-state index is 0.389. The fourth-order valence-electron chi connectivity index (χ4n) is 3.54. The Kier molecular flexibility index (Phi) is 5.95.